The Bertz CT molecular complexity index is 406. The highest BCUT2D eigenvalue weighted by molar-refractivity contribution is 7.99. The SMILES string of the molecule is CC1(C)SCc2c(ccc(Cl)c2F)C1O. The predicted molar refractivity (Wildman–Crippen MR) is 61.7 cm³/mol. The molecule has 82 valence electrons. The molecule has 1 aliphatic heterocycles. The van der Waals surface area contributed by atoms with Crippen molar-refractivity contribution in [2.75, 3.05) is 0 Å². The summed E-state index contributed by atoms with van der Waals surface area (Å²) in [5.74, 6) is 0.169. The molecule has 15 heavy (non-hydrogen) atoms. The maximum Gasteiger partial charge on any atom is 0.146 e. The first-order valence-corrected chi connectivity index (χ1v) is 6.08. The molecule has 1 N–H and O–H groups in total. The fourth-order valence-electron chi connectivity index (χ4n) is 1.72. The van der Waals surface area contributed by atoms with E-state index in [-0.39, 0.29) is 9.77 Å². The van der Waals surface area contributed by atoms with E-state index in [1.165, 1.54) is 6.07 Å². The largest absolute Gasteiger partial charge is 0.387 e. The summed E-state index contributed by atoms with van der Waals surface area (Å²) in [6.07, 6.45) is -0.641. The number of thioether (sulfide) groups is 1. The molecule has 0 spiro atoms. The van der Waals surface area contributed by atoms with E-state index in [9.17, 15) is 9.50 Å². The summed E-state index contributed by atoms with van der Waals surface area (Å²) in [5, 5.41) is 10.2. The lowest BCUT2D eigenvalue weighted by molar-refractivity contribution is 0.140. The summed E-state index contributed by atoms with van der Waals surface area (Å²) in [5.41, 5.74) is 1.21. The predicted octanol–water partition coefficient (Wildman–Crippen LogP) is 3.54. The van der Waals surface area contributed by atoms with E-state index in [0.717, 1.165) is 0 Å². The van der Waals surface area contributed by atoms with Gasteiger partial charge in [-0.15, -0.1) is 11.8 Å². The first-order valence-electron chi connectivity index (χ1n) is 4.72. The van der Waals surface area contributed by atoms with Crippen LogP contribution in [0.2, 0.25) is 5.02 Å². The maximum absolute atomic E-state index is 13.7. The van der Waals surface area contributed by atoms with Gasteiger partial charge in [0.25, 0.3) is 0 Å². The van der Waals surface area contributed by atoms with Gasteiger partial charge in [-0.25, -0.2) is 4.39 Å². The van der Waals surface area contributed by atoms with Crippen molar-refractivity contribution in [3.8, 4) is 0 Å². The average molecular weight is 247 g/mol. The van der Waals surface area contributed by atoms with Crippen molar-refractivity contribution in [3.05, 3.63) is 34.1 Å². The molecule has 1 heterocycles. The van der Waals surface area contributed by atoms with E-state index in [4.69, 9.17) is 11.6 Å². The number of fused-ring (bicyclic) bond motifs is 1. The van der Waals surface area contributed by atoms with E-state index in [1.807, 2.05) is 13.8 Å². The number of aliphatic hydroxyl groups excluding tert-OH is 1. The van der Waals surface area contributed by atoms with Crippen LogP contribution in [0.15, 0.2) is 12.1 Å². The van der Waals surface area contributed by atoms with Gasteiger partial charge >= 0.3 is 0 Å². The molecule has 0 aromatic heterocycles. The van der Waals surface area contributed by atoms with Crippen LogP contribution in [0.1, 0.15) is 31.1 Å². The van der Waals surface area contributed by atoms with Gasteiger partial charge in [0, 0.05) is 16.1 Å². The van der Waals surface area contributed by atoms with Crippen molar-refractivity contribution in [1.29, 1.82) is 0 Å². The van der Waals surface area contributed by atoms with E-state index in [2.05, 4.69) is 0 Å². The highest BCUT2D eigenvalue weighted by atomic mass is 35.5. The van der Waals surface area contributed by atoms with Gasteiger partial charge in [0.15, 0.2) is 0 Å². The van der Waals surface area contributed by atoms with Crippen LogP contribution in [0.5, 0.6) is 0 Å². The minimum absolute atomic E-state index is 0.126. The first kappa shape index (κ1) is 11.2. The van der Waals surface area contributed by atoms with Gasteiger partial charge in [0.2, 0.25) is 0 Å². The number of hydrogen-bond acceptors (Lipinski definition) is 2. The molecule has 1 aromatic carbocycles. The number of aliphatic hydroxyl groups is 1. The number of benzene rings is 1. The summed E-state index contributed by atoms with van der Waals surface area (Å²) < 4.78 is 13.4. The molecule has 2 rings (SSSR count). The Hall–Kier alpha value is -0.250. The Balaban J connectivity index is 2.55. The molecule has 0 radical (unpaired) electrons. The van der Waals surface area contributed by atoms with Gasteiger partial charge < -0.3 is 5.11 Å². The lowest BCUT2D eigenvalue weighted by Crippen LogP contribution is -2.30. The van der Waals surface area contributed by atoms with E-state index >= 15 is 0 Å². The number of halogens is 2. The molecular formula is C11H12ClFOS. The Morgan fingerprint density at radius 2 is 2.20 bits per heavy atom. The molecule has 0 amide bonds. The zero-order chi connectivity index (χ0) is 11.2. The van der Waals surface area contributed by atoms with Gasteiger partial charge in [-0.3, -0.25) is 0 Å². The Morgan fingerprint density at radius 1 is 1.53 bits per heavy atom. The molecule has 4 heteroatoms. The number of rotatable bonds is 0. The van der Waals surface area contributed by atoms with Crippen LogP contribution in [-0.2, 0) is 5.75 Å². The van der Waals surface area contributed by atoms with E-state index in [1.54, 1.807) is 17.8 Å². The van der Waals surface area contributed by atoms with Gasteiger partial charge in [0.1, 0.15) is 5.82 Å². The molecule has 1 nitrogen and oxygen atoms in total. The van der Waals surface area contributed by atoms with Crippen molar-refractivity contribution < 1.29 is 9.50 Å². The number of hydrogen-bond donors (Lipinski definition) is 1. The molecule has 1 aliphatic rings. The second-order valence-electron chi connectivity index (χ2n) is 4.22. The molecule has 0 fully saturated rings. The van der Waals surface area contributed by atoms with Gasteiger partial charge in [-0.2, -0.15) is 0 Å². The highest BCUT2D eigenvalue weighted by Gasteiger charge is 2.36. The fourth-order valence-corrected chi connectivity index (χ4v) is 2.99. The molecular weight excluding hydrogens is 235 g/mol. The smallest absolute Gasteiger partial charge is 0.146 e. The summed E-state index contributed by atoms with van der Waals surface area (Å²) in [4.78, 5) is 0. The lowest BCUT2D eigenvalue weighted by atomic mass is 9.93. The molecule has 0 bridgehead atoms. The van der Waals surface area contributed by atoms with Crippen LogP contribution >= 0.6 is 23.4 Å². The van der Waals surface area contributed by atoms with Gasteiger partial charge in [0.05, 0.1) is 11.1 Å². The molecule has 0 saturated carbocycles. The van der Waals surface area contributed by atoms with Gasteiger partial charge in [-0.05, 0) is 25.5 Å². The third kappa shape index (κ3) is 1.77. The fraction of sp³-hybridized carbons (Fsp3) is 0.455. The second-order valence-corrected chi connectivity index (χ2v) is 6.26. The van der Waals surface area contributed by atoms with Crippen molar-refractivity contribution in [2.24, 2.45) is 0 Å². The van der Waals surface area contributed by atoms with Crippen molar-refractivity contribution in [3.63, 3.8) is 0 Å². The zero-order valence-electron chi connectivity index (χ0n) is 8.55. The standard InChI is InChI=1S/C11H12ClFOS/c1-11(2)10(14)6-3-4-8(12)9(13)7(6)5-15-11/h3-4,10,14H,5H2,1-2H3. The summed E-state index contributed by atoms with van der Waals surface area (Å²) in [6.45, 7) is 3.91. The zero-order valence-corrected chi connectivity index (χ0v) is 10.1. The summed E-state index contributed by atoms with van der Waals surface area (Å²) in [7, 11) is 0. The van der Waals surface area contributed by atoms with Crippen LogP contribution < -0.4 is 0 Å². The van der Waals surface area contributed by atoms with E-state index < -0.39 is 11.9 Å². The molecule has 0 saturated heterocycles. The van der Waals surface area contributed by atoms with Crippen molar-refractivity contribution in [2.45, 2.75) is 30.5 Å². The highest BCUT2D eigenvalue weighted by Crippen LogP contribution is 2.46. The third-order valence-electron chi connectivity index (χ3n) is 2.77. The Morgan fingerprint density at radius 3 is 2.87 bits per heavy atom. The molecule has 1 unspecified atom stereocenters. The minimum atomic E-state index is -0.641. The molecule has 1 aromatic rings. The van der Waals surface area contributed by atoms with Crippen molar-refractivity contribution in [1.82, 2.24) is 0 Å². The Labute approximate surface area is 97.6 Å². The topological polar surface area (TPSA) is 20.2 Å². The summed E-state index contributed by atoms with van der Waals surface area (Å²) in [6, 6.07) is 3.22. The van der Waals surface area contributed by atoms with Crippen LogP contribution in [0.3, 0.4) is 0 Å². The summed E-state index contributed by atoms with van der Waals surface area (Å²) >= 11 is 7.24. The maximum atomic E-state index is 13.7. The first-order chi connectivity index (χ1) is 6.93. The lowest BCUT2D eigenvalue weighted by Gasteiger charge is -2.36. The third-order valence-corrected chi connectivity index (χ3v) is 4.47. The van der Waals surface area contributed by atoms with E-state index in [0.29, 0.717) is 16.9 Å². The normalized spacial score (nSPS) is 23.7. The monoisotopic (exact) mass is 246 g/mol. The average Bonchev–Trinajstić information content (AvgIpc) is 2.17. The second kappa shape index (κ2) is 3.65. The van der Waals surface area contributed by atoms with Crippen LogP contribution in [0, 0.1) is 5.82 Å². The van der Waals surface area contributed by atoms with Crippen molar-refractivity contribution >= 4 is 23.4 Å². The molecule has 1 atom stereocenters. The van der Waals surface area contributed by atoms with Crippen LogP contribution in [0.4, 0.5) is 4.39 Å². The van der Waals surface area contributed by atoms with Crippen LogP contribution in [0.25, 0.3) is 0 Å². The Kier molecular flexibility index (Phi) is 2.73. The van der Waals surface area contributed by atoms with Crippen LogP contribution in [-0.4, -0.2) is 9.85 Å². The minimum Gasteiger partial charge on any atom is -0.387 e. The van der Waals surface area contributed by atoms with Gasteiger partial charge in [-0.1, -0.05) is 17.7 Å². The quantitative estimate of drug-likeness (QED) is 0.756. The molecule has 0 aliphatic carbocycles.